The van der Waals surface area contributed by atoms with Gasteiger partial charge in [0, 0.05) is 29.9 Å². The molecule has 158 valence electrons. The van der Waals surface area contributed by atoms with Crippen LogP contribution in [-0.4, -0.2) is 32.6 Å². The van der Waals surface area contributed by atoms with Crippen molar-refractivity contribution >= 4 is 17.5 Å². The van der Waals surface area contributed by atoms with Crippen molar-refractivity contribution < 1.29 is 19.1 Å². The molecule has 0 saturated carbocycles. The predicted octanol–water partition coefficient (Wildman–Crippen LogP) is 3.84. The molecule has 3 aromatic carbocycles. The van der Waals surface area contributed by atoms with Crippen LogP contribution >= 0.6 is 0 Å². The van der Waals surface area contributed by atoms with Crippen LogP contribution in [0.2, 0.25) is 0 Å². The molecule has 0 fully saturated rings. The number of anilines is 1. The Labute approximate surface area is 181 Å². The second-order valence-corrected chi connectivity index (χ2v) is 7.31. The van der Waals surface area contributed by atoms with E-state index in [0.717, 1.165) is 23.2 Å². The molecule has 0 spiro atoms. The number of nitrogens with one attached hydrogen (secondary N) is 1. The zero-order valence-corrected chi connectivity index (χ0v) is 17.6. The van der Waals surface area contributed by atoms with E-state index in [4.69, 9.17) is 9.47 Å². The van der Waals surface area contributed by atoms with Gasteiger partial charge < -0.3 is 19.7 Å². The van der Waals surface area contributed by atoms with Crippen LogP contribution in [-0.2, 0) is 13.0 Å². The first-order chi connectivity index (χ1) is 15.1. The molecule has 1 heterocycles. The fraction of sp³-hybridized carbons (Fsp3) is 0.200. The van der Waals surface area contributed by atoms with E-state index in [1.807, 2.05) is 18.2 Å². The number of ether oxygens (including phenoxy) is 2. The molecule has 0 aromatic heterocycles. The van der Waals surface area contributed by atoms with Crippen LogP contribution < -0.4 is 19.7 Å². The van der Waals surface area contributed by atoms with E-state index in [9.17, 15) is 9.59 Å². The Kier molecular flexibility index (Phi) is 5.89. The van der Waals surface area contributed by atoms with E-state index >= 15 is 0 Å². The molecular weight excluding hydrogens is 392 g/mol. The molecule has 2 amide bonds. The molecule has 0 atom stereocenters. The number of hydrogen-bond acceptors (Lipinski definition) is 4. The fourth-order valence-corrected chi connectivity index (χ4v) is 3.66. The highest BCUT2D eigenvalue weighted by Gasteiger charge is 2.26. The van der Waals surface area contributed by atoms with Crippen molar-refractivity contribution in [2.75, 3.05) is 25.7 Å². The molecule has 0 aliphatic carbocycles. The zero-order chi connectivity index (χ0) is 21.8. The van der Waals surface area contributed by atoms with Gasteiger partial charge in [0.25, 0.3) is 11.8 Å². The molecule has 1 N–H and O–H groups in total. The van der Waals surface area contributed by atoms with Crippen LogP contribution in [0.5, 0.6) is 11.5 Å². The van der Waals surface area contributed by atoms with Gasteiger partial charge in [-0.2, -0.15) is 0 Å². The summed E-state index contributed by atoms with van der Waals surface area (Å²) in [5.74, 6) is 1.22. The zero-order valence-electron chi connectivity index (χ0n) is 17.6. The Bertz CT molecular complexity index is 1090. The van der Waals surface area contributed by atoms with E-state index in [1.54, 1.807) is 67.7 Å². The minimum Gasteiger partial charge on any atom is -0.497 e. The number of carbonyl (C=O) groups is 2. The van der Waals surface area contributed by atoms with E-state index in [1.165, 1.54) is 0 Å². The Morgan fingerprint density at radius 2 is 1.48 bits per heavy atom. The number of methoxy groups -OCH3 is 2. The molecule has 4 rings (SSSR count). The smallest absolute Gasteiger partial charge is 0.258 e. The van der Waals surface area contributed by atoms with Crippen LogP contribution in [0.1, 0.15) is 31.8 Å². The van der Waals surface area contributed by atoms with Crippen LogP contribution in [0, 0.1) is 0 Å². The second-order valence-electron chi connectivity index (χ2n) is 7.31. The average Bonchev–Trinajstić information content (AvgIpc) is 3.25. The third-order valence-corrected chi connectivity index (χ3v) is 5.43. The molecule has 1 aliphatic rings. The van der Waals surface area contributed by atoms with Gasteiger partial charge in [-0.15, -0.1) is 0 Å². The van der Waals surface area contributed by atoms with E-state index in [2.05, 4.69) is 5.32 Å². The van der Waals surface area contributed by atoms with E-state index in [-0.39, 0.29) is 11.8 Å². The Morgan fingerprint density at radius 3 is 2.10 bits per heavy atom. The highest BCUT2D eigenvalue weighted by molar-refractivity contribution is 6.07. The second kappa shape index (κ2) is 8.92. The van der Waals surface area contributed by atoms with Gasteiger partial charge in [0.05, 0.1) is 14.2 Å². The van der Waals surface area contributed by atoms with Gasteiger partial charge in [-0.25, -0.2) is 0 Å². The summed E-state index contributed by atoms with van der Waals surface area (Å²) in [6.07, 6.45) is 0.815. The molecule has 0 bridgehead atoms. The van der Waals surface area contributed by atoms with Crippen molar-refractivity contribution in [1.82, 2.24) is 5.32 Å². The number of benzene rings is 3. The van der Waals surface area contributed by atoms with Gasteiger partial charge in [-0.05, 0) is 72.1 Å². The van der Waals surface area contributed by atoms with E-state index < -0.39 is 0 Å². The van der Waals surface area contributed by atoms with Gasteiger partial charge in [0.15, 0.2) is 0 Å². The van der Waals surface area contributed by atoms with Crippen LogP contribution in [0.3, 0.4) is 0 Å². The van der Waals surface area contributed by atoms with Crippen molar-refractivity contribution in [3.63, 3.8) is 0 Å². The summed E-state index contributed by atoms with van der Waals surface area (Å²) < 4.78 is 10.3. The molecule has 6 heteroatoms. The summed E-state index contributed by atoms with van der Waals surface area (Å²) in [5, 5.41) is 2.94. The molecule has 0 saturated heterocycles. The highest BCUT2D eigenvalue weighted by atomic mass is 16.5. The van der Waals surface area contributed by atoms with Crippen molar-refractivity contribution in [2.45, 2.75) is 13.0 Å². The first kappa shape index (κ1) is 20.5. The minimum atomic E-state index is -0.158. The molecule has 1 aliphatic heterocycles. The van der Waals surface area contributed by atoms with Crippen molar-refractivity contribution in [2.24, 2.45) is 0 Å². The molecule has 31 heavy (non-hydrogen) atoms. The van der Waals surface area contributed by atoms with Crippen LogP contribution in [0.25, 0.3) is 0 Å². The normalized spacial score (nSPS) is 12.3. The fourth-order valence-electron chi connectivity index (χ4n) is 3.66. The maximum atomic E-state index is 13.0. The Morgan fingerprint density at radius 1 is 0.871 bits per heavy atom. The third kappa shape index (κ3) is 4.38. The van der Waals surface area contributed by atoms with Crippen LogP contribution in [0.15, 0.2) is 66.7 Å². The van der Waals surface area contributed by atoms with Crippen molar-refractivity contribution in [3.05, 3.63) is 89.0 Å². The lowest BCUT2D eigenvalue weighted by Crippen LogP contribution is -2.29. The summed E-state index contributed by atoms with van der Waals surface area (Å²) in [4.78, 5) is 27.3. The number of fused-ring (bicyclic) bond motifs is 1. The maximum absolute atomic E-state index is 13.0. The first-order valence-corrected chi connectivity index (χ1v) is 10.1. The Balaban J connectivity index is 1.46. The lowest BCUT2D eigenvalue weighted by Gasteiger charge is -2.18. The monoisotopic (exact) mass is 416 g/mol. The maximum Gasteiger partial charge on any atom is 0.258 e. The van der Waals surface area contributed by atoms with Gasteiger partial charge in [-0.3, -0.25) is 9.59 Å². The predicted molar refractivity (Wildman–Crippen MR) is 119 cm³/mol. The van der Waals surface area contributed by atoms with E-state index in [0.29, 0.717) is 35.7 Å². The van der Waals surface area contributed by atoms with Gasteiger partial charge >= 0.3 is 0 Å². The summed E-state index contributed by atoms with van der Waals surface area (Å²) in [5.41, 5.74) is 4.16. The van der Waals surface area contributed by atoms with Crippen molar-refractivity contribution in [1.29, 1.82) is 0 Å². The topological polar surface area (TPSA) is 67.9 Å². The van der Waals surface area contributed by atoms with Gasteiger partial charge in [0.1, 0.15) is 11.5 Å². The summed E-state index contributed by atoms with van der Waals surface area (Å²) >= 11 is 0. The number of hydrogen-bond donors (Lipinski definition) is 1. The highest BCUT2D eigenvalue weighted by Crippen LogP contribution is 2.30. The lowest BCUT2D eigenvalue weighted by atomic mass is 10.1. The standard InChI is InChI=1S/C25H24N2O4/c1-30-21-9-5-19(6-10-21)24(28)26-16-17-3-4-18-13-14-27(23(18)15-17)25(29)20-7-11-22(31-2)12-8-20/h3-12,15H,13-14,16H2,1-2H3,(H,26,28). The average molecular weight is 416 g/mol. The summed E-state index contributed by atoms with van der Waals surface area (Å²) in [7, 11) is 3.19. The SMILES string of the molecule is COc1ccc(C(=O)NCc2ccc3c(c2)N(C(=O)c2ccc(OC)cc2)CC3)cc1. The molecule has 0 unspecified atom stereocenters. The van der Waals surface area contributed by atoms with Crippen LogP contribution in [0.4, 0.5) is 5.69 Å². The number of amides is 2. The molecular formula is C25H24N2O4. The van der Waals surface area contributed by atoms with Gasteiger partial charge in [-0.1, -0.05) is 12.1 Å². The molecule has 3 aromatic rings. The molecule has 6 nitrogen and oxygen atoms in total. The summed E-state index contributed by atoms with van der Waals surface area (Å²) in [6.45, 7) is 1.02. The first-order valence-electron chi connectivity index (χ1n) is 10.1. The molecule has 0 radical (unpaired) electrons. The Hall–Kier alpha value is -3.80. The number of carbonyl (C=O) groups excluding carboxylic acids is 2. The minimum absolute atomic E-state index is 0.0409. The number of nitrogens with zero attached hydrogens (tertiary/aromatic N) is 1. The summed E-state index contributed by atoms with van der Waals surface area (Å²) in [6, 6.07) is 20.1. The van der Waals surface area contributed by atoms with Gasteiger partial charge in [0.2, 0.25) is 0 Å². The quantitative estimate of drug-likeness (QED) is 0.663. The number of rotatable bonds is 6. The largest absolute Gasteiger partial charge is 0.497 e. The van der Waals surface area contributed by atoms with Crippen molar-refractivity contribution in [3.8, 4) is 11.5 Å². The third-order valence-electron chi connectivity index (χ3n) is 5.43. The lowest BCUT2D eigenvalue weighted by molar-refractivity contribution is 0.0949.